The Morgan fingerprint density at radius 2 is 1.79 bits per heavy atom. The number of thiazole rings is 1. The van der Waals surface area contributed by atoms with E-state index in [2.05, 4.69) is 13.8 Å². The van der Waals surface area contributed by atoms with Crippen molar-refractivity contribution in [2.24, 2.45) is 0 Å². The molecule has 182 valence electrons. The monoisotopic (exact) mass is 491 g/mol. The van der Waals surface area contributed by atoms with Crippen molar-refractivity contribution in [1.29, 1.82) is 0 Å². The minimum absolute atomic E-state index is 0.0242. The van der Waals surface area contributed by atoms with Crippen LogP contribution >= 0.6 is 11.3 Å². The Labute approximate surface area is 201 Å². The number of aliphatic carboxylic acids is 1. The summed E-state index contributed by atoms with van der Waals surface area (Å²) in [6.45, 7) is 8.48. The predicted octanol–water partition coefficient (Wildman–Crippen LogP) is 7.46. The van der Waals surface area contributed by atoms with Gasteiger partial charge in [0.15, 0.2) is 0 Å². The van der Waals surface area contributed by atoms with E-state index in [-0.39, 0.29) is 18.3 Å². The highest BCUT2D eigenvalue weighted by Crippen LogP contribution is 2.37. The molecule has 3 aromatic rings. The number of hydrogen-bond acceptors (Lipinski definition) is 4. The topological polar surface area (TPSA) is 59.4 Å². The van der Waals surface area contributed by atoms with Gasteiger partial charge in [-0.05, 0) is 54.7 Å². The zero-order chi connectivity index (χ0) is 25.0. The van der Waals surface area contributed by atoms with Crippen molar-refractivity contribution in [2.45, 2.75) is 58.5 Å². The van der Waals surface area contributed by atoms with E-state index in [1.807, 2.05) is 32.0 Å². The Hall–Kier alpha value is -2.87. The van der Waals surface area contributed by atoms with Crippen LogP contribution in [0.1, 0.15) is 66.3 Å². The second kappa shape index (κ2) is 10.6. The zero-order valence-electron chi connectivity index (χ0n) is 19.6. The van der Waals surface area contributed by atoms with E-state index < -0.39 is 17.7 Å². The predicted molar refractivity (Wildman–Crippen MR) is 128 cm³/mol. The van der Waals surface area contributed by atoms with Crippen LogP contribution in [0.3, 0.4) is 0 Å². The van der Waals surface area contributed by atoms with Gasteiger partial charge in [0.1, 0.15) is 10.8 Å². The lowest BCUT2D eigenvalue weighted by Gasteiger charge is -2.15. The molecule has 0 amide bonds. The van der Waals surface area contributed by atoms with Gasteiger partial charge in [0.05, 0.1) is 17.9 Å². The normalized spacial score (nSPS) is 12.7. The summed E-state index contributed by atoms with van der Waals surface area (Å²) >= 11 is 1.50. The van der Waals surface area contributed by atoms with E-state index >= 15 is 0 Å². The number of halogens is 3. The molecule has 1 heterocycles. The first-order chi connectivity index (χ1) is 16.0. The second-order valence-corrected chi connectivity index (χ2v) is 9.72. The number of ether oxygens (including phenoxy) is 1. The largest absolute Gasteiger partial charge is 0.493 e. The number of carboxylic acids is 1. The van der Waals surface area contributed by atoms with Crippen molar-refractivity contribution in [1.82, 2.24) is 4.98 Å². The average molecular weight is 492 g/mol. The Morgan fingerprint density at radius 3 is 2.35 bits per heavy atom. The summed E-state index contributed by atoms with van der Waals surface area (Å²) in [5.41, 5.74) is 2.83. The van der Waals surface area contributed by atoms with Crippen LogP contribution in [0.4, 0.5) is 13.2 Å². The zero-order valence-corrected chi connectivity index (χ0v) is 20.4. The van der Waals surface area contributed by atoms with Crippen molar-refractivity contribution in [2.75, 3.05) is 6.61 Å². The highest BCUT2D eigenvalue weighted by molar-refractivity contribution is 7.15. The number of benzene rings is 2. The standard InChI is InChI=1S/C26H28F3NO3S/c1-15(2)24-23(30-25(34-24)19-5-9-20(10-6-19)26(27,28)29)17(4)14-33-21-11-7-18(16(3)13-21)8-12-22(31)32/h5-7,9-11,13,15,17H,8,12,14H2,1-4H3,(H,31,32)/t17-/m1/s1. The minimum Gasteiger partial charge on any atom is -0.493 e. The third-order valence-corrected chi connectivity index (χ3v) is 6.97. The Bertz CT molecular complexity index is 1140. The molecule has 0 fully saturated rings. The number of hydrogen-bond donors (Lipinski definition) is 1. The van der Waals surface area contributed by atoms with Gasteiger partial charge in [-0.1, -0.05) is 39.0 Å². The number of carboxylic acid groups (broad SMARTS) is 1. The van der Waals surface area contributed by atoms with E-state index in [0.29, 0.717) is 29.3 Å². The highest BCUT2D eigenvalue weighted by Gasteiger charge is 2.30. The maximum atomic E-state index is 12.9. The summed E-state index contributed by atoms with van der Waals surface area (Å²) in [5.74, 6) is 0.0684. The van der Waals surface area contributed by atoms with Crippen LogP contribution in [-0.2, 0) is 17.4 Å². The van der Waals surface area contributed by atoms with Crippen LogP contribution in [0.2, 0.25) is 0 Å². The summed E-state index contributed by atoms with van der Waals surface area (Å²) in [4.78, 5) is 16.7. The molecule has 4 nitrogen and oxygen atoms in total. The Morgan fingerprint density at radius 1 is 1.12 bits per heavy atom. The molecule has 0 aliphatic rings. The third kappa shape index (κ3) is 6.38. The molecular weight excluding hydrogens is 463 g/mol. The molecule has 0 saturated carbocycles. The molecule has 1 aromatic heterocycles. The van der Waals surface area contributed by atoms with Gasteiger partial charge in [-0.3, -0.25) is 4.79 Å². The Kier molecular flexibility index (Phi) is 8.02. The summed E-state index contributed by atoms with van der Waals surface area (Å²) in [5, 5.41) is 9.57. The molecule has 3 rings (SSSR count). The fourth-order valence-corrected chi connectivity index (χ4v) is 4.81. The van der Waals surface area contributed by atoms with Gasteiger partial charge in [-0.25, -0.2) is 4.98 Å². The molecule has 2 aromatic carbocycles. The molecule has 34 heavy (non-hydrogen) atoms. The molecule has 0 aliphatic heterocycles. The summed E-state index contributed by atoms with van der Waals surface area (Å²) < 4.78 is 44.7. The van der Waals surface area contributed by atoms with Crippen molar-refractivity contribution in [3.05, 3.63) is 69.7 Å². The van der Waals surface area contributed by atoms with Crippen LogP contribution in [0.25, 0.3) is 10.6 Å². The summed E-state index contributed by atoms with van der Waals surface area (Å²) in [6.07, 6.45) is -3.81. The average Bonchev–Trinajstić information content (AvgIpc) is 3.22. The number of alkyl halides is 3. The number of carbonyl (C=O) groups is 1. The molecule has 1 atom stereocenters. The van der Waals surface area contributed by atoms with Gasteiger partial charge >= 0.3 is 12.1 Å². The van der Waals surface area contributed by atoms with E-state index in [4.69, 9.17) is 14.8 Å². The maximum Gasteiger partial charge on any atom is 0.416 e. The van der Waals surface area contributed by atoms with E-state index in [1.54, 1.807) is 0 Å². The lowest BCUT2D eigenvalue weighted by atomic mass is 10.0. The molecule has 8 heteroatoms. The molecule has 1 N–H and O–H groups in total. The van der Waals surface area contributed by atoms with Gasteiger partial charge in [0.25, 0.3) is 0 Å². The van der Waals surface area contributed by atoms with Gasteiger partial charge in [0, 0.05) is 22.8 Å². The van der Waals surface area contributed by atoms with E-state index in [9.17, 15) is 18.0 Å². The molecule has 0 aliphatic carbocycles. The summed E-state index contributed by atoms with van der Waals surface area (Å²) in [7, 11) is 0. The fraction of sp³-hybridized carbons (Fsp3) is 0.385. The van der Waals surface area contributed by atoms with E-state index in [0.717, 1.165) is 33.8 Å². The quantitative estimate of drug-likeness (QED) is 0.337. The van der Waals surface area contributed by atoms with Crippen molar-refractivity contribution >= 4 is 17.3 Å². The fourth-order valence-electron chi connectivity index (χ4n) is 3.62. The molecule has 0 radical (unpaired) electrons. The Balaban J connectivity index is 1.74. The highest BCUT2D eigenvalue weighted by atomic mass is 32.1. The molecular formula is C26H28F3NO3S. The smallest absolute Gasteiger partial charge is 0.416 e. The lowest BCUT2D eigenvalue weighted by molar-refractivity contribution is -0.138. The van der Waals surface area contributed by atoms with E-state index in [1.165, 1.54) is 23.5 Å². The molecule has 0 saturated heterocycles. The van der Waals surface area contributed by atoms with Crippen LogP contribution in [0.5, 0.6) is 5.75 Å². The number of aromatic nitrogens is 1. The van der Waals surface area contributed by atoms with Crippen LogP contribution in [-0.4, -0.2) is 22.7 Å². The number of nitrogens with zero attached hydrogens (tertiary/aromatic N) is 1. The van der Waals surface area contributed by atoms with Gasteiger partial charge in [-0.15, -0.1) is 11.3 Å². The van der Waals surface area contributed by atoms with Gasteiger partial charge < -0.3 is 9.84 Å². The lowest BCUT2D eigenvalue weighted by Crippen LogP contribution is -2.10. The summed E-state index contributed by atoms with van der Waals surface area (Å²) in [6, 6.07) is 10.7. The first kappa shape index (κ1) is 25.7. The SMILES string of the molecule is Cc1cc(OC[C@@H](C)c2nc(-c3ccc(C(F)(F)F)cc3)sc2C(C)C)ccc1CCC(=O)O. The van der Waals surface area contributed by atoms with Crippen molar-refractivity contribution < 1.29 is 27.8 Å². The van der Waals surface area contributed by atoms with Gasteiger partial charge in [-0.2, -0.15) is 13.2 Å². The van der Waals surface area contributed by atoms with Crippen LogP contribution < -0.4 is 4.74 Å². The first-order valence-corrected chi connectivity index (χ1v) is 11.9. The van der Waals surface area contributed by atoms with Crippen molar-refractivity contribution in [3.63, 3.8) is 0 Å². The maximum absolute atomic E-state index is 12.9. The molecule has 0 bridgehead atoms. The van der Waals surface area contributed by atoms with Crippen molar-refractivity contribution in [3.8, 4) is 16.3 Å². The van der Waals surface area contributed by atoms with Gasteiger partial charge in [0.2, 0.25) is 0 Å². The minimum atomic E-state index is -4.37. The third-order valence-electron chi connectivity index (χ3n) is 5.55. The van der Waals surface area contributed by atoms with Crippen LogP contribution in [0, 0.1) is 6.92 Å². The molecule has 0 unspecified atom stereocenters. The van der Waals surface area contributed by atoms with Crippen LogP contribution in [0.15, 0.2) is 42.5 Å². The number of rotatable bonds is 9. The number of aryl methyl sites for hydroxylation is 2. The first-order valence-electron chi connectivity index (χ1n) is 11.1. The second-order valence-electron chi connectivity index (χ2n) is 8.69. The molecule has 0 spiro atoms.